The zero-order valence-electron chi connectivity index (χ0n) is 19.8. The van der Waals surface area contributed by atoms with Crippen LogP contribution in [0.25, 0.3) is 0 Å². The van der Waals surface area contributed by atoms with Gasteiger partial charge in [-0.1, -0.05) is 54.6 Å². The van der Waals surface area contributed by atoms with E-state index in [1.165, 1.54) is 5.56 Å². The molecule has 2 unspecified atom stereocenters. The number of rotatable bonds is 7. The van der Waals surface area contributed by atoms with Gasteiger partial charge in [0.15, 0.2) is 0 Å². The summed E-state index contributed by atoms with van der Waals surface area (Å²) in [5.74, 6) is 0.117. The average molecular weight is 450 g/mol. The Kier molecular flexibility index (Phi) is 7.78. The second-order valence-electron chi connectivity index (χ2n) is 9.15. The van der Waals surface area contributed by atoms with Gasteiger partial charge in [-0.05, 0) is 30.0 Å². The van der Waals surface area contributed by atoms with Crippen LogP contribution in [0.5, 0.6) is 0 Å². The number of morpholine rings is 1. The van der Waals surface area contributed by atoms with Crippen molar-refractivity contribution in [1.29, 1.82) is 0 Å². The Hall–Kier alpha value is -2.70. The van der Waals surface area contributed by atoms with Crippen molar-refractivity contribution in [2.24, 2.45) is 0 Å². The Morgan fingerprint density at radius 1 is 1.03 bits per heavy atom. The second-order valence-corrected chi connectivity index (χ2v) is 9.15. The van der Waals surface area contributed by atoms with Crippen molar-refractivity contribution in [2.45, 2.75) is 45.3 Å². The number of hydrogen-bond acceptors (Lipinski definition) is 4. The van der Waals surface area contributed by atoms with Crippen molar-refractivity contribution in [1.82, 2.24) is 14.7 Å². The van der Waals surface area contributed by atoms with Gasteiger partial charge in [0.25, 0.3) is 0 Å². The van der Waals surface area contributed by atoms with Crippen molar-refractivity contribution in [3.05, 3.63) is 71.3 Å². The van der Waals surface area contributed by atoms with E-state index in [0.717, 1.165) is 50.4 Å². The van der Waals surface area contributed by atoms with Crippen LogP contribution >= 0.6 is 0 Å². The van der Waals surface area contributed by atoms with Crippen molar-refractivity contribution >= 4 is 11.8 Å². The second kappa shape index (κ2) is 10.9. The maximum absolute atomic E-state index is 13.8. The largest absolute Gasteiger partial charge is 0.379 e. The van der Waals surface area contributed by atoms with E-state index in [1.54, 1.807) is 6.92 Å². The van der Waals surface area contributed by atoms with E-state index in [1.807, 2.05) is 40.1 Å². The van der Waals surface area contributed by atoms with Crippen molar-refractivity contribution in [2.75, 3.05) is 39.4 Å². The first kappa shape index (κ1) is 23.5. The Bertz CT molecular complexity index is 943. The van der Waals surface area contributed by atoms with Crippen LogP contribution in [0, 0.1) is 0 Å². The minimum Gasteiger partial charge on any atom is -0.379 e. The Labute approximate surface area is 197 Å². The number of carbonyl (C=O) groups is 2. The summed E-state index contributed by atoms with van der Waals surface area (Å²) in [7, 11) is 0. The minimum atomic E-state index is -0.214. The first-order chi connectivity index (χ1) is 16.0. The van der Waals surface area contributed by atoms with E-state index in [-0.39, 0.29) is 23.9 Å². The van der Waals surface area contributed by atoms with Gasteiger partial charge >= 0.3 is 0 Å². The average Bonchev–Trinajstić information content (AvgIpc) is 2.83. The summed E-state index contributed by atoms with van der Waals surface area (Å²) in [5, 5.41) is 0. The highest BCUT2D eigenvalue weighted by Gasteiger charge is 2.33. The molecule has 176 valence electrons. The molecule has 0 N–H and O–H groups in total. The molecule has 0 radical (unpaired) electrons. The van der Waals surface area contributed by atoms with Crippen molar-refractivity contribution in [3.63, 3.8) is 0 Å². The Morgan fingerprint density at radius 2 is 1.73 bits per heavy atom. The topological polar surface area (TPSA) is 53.1 Å². The van der Waals surface area contributed by atoms with Crippen molar-refractivity contribution < 1.29 is 14.3 Å². The number of ether oxygens (including phenoxy) is 1. The van der Waals surface area contributed by atoms with E-state index in [9.17, 15) is 9.59 Å². The number of nitrogens with zero attached hydrogens (tertiary/aromatic N) is 3. The fourth-order valence-corrected chi connectivity index (χ4v) is 5.06. The van der Waals surface area contributed by atoms with Crippen LogP contribution in [0.4, 0.5) is 0 Å². The fourth-order valence-electron chi connectivity index (χ4n) is 5.06. The van der Waals surface area contributed by atoms with Crippen LogP contribution in [0.2, 0.25) is 0 Å². The van der Waals surface area contributed by atoms with E-state index < -0.39 is 0 Å². The Balaban J connectivity index is 1.56. The van der Waals surface area contributed by atoms with Crippen LogP contribution in [-0.2, 0) is 27.3 Å². The molecule has 2 aromatic rings. The minimum absolute atomic E-state index is 0.0262. The molecule has 0 saturated carbocycles. The summed E-state index contributed by atoms with van der Waals surface area (Å²) in [5.41, 5.74) is 3.46. The van der Waals surface area contributed by atoms with Gasteiger partial charge in [0.1, 0.15) is 0 Å². The molecule has 2 heterocycles. The number of fused-ring (bicyclic) bond motifs is 1. The Morgan fingerprint density at radius 3 is 2.45 bits per heavy atom. The lowest BCUT2D eigenvalue weighted by molar-refractivity contribution is -0.138. The van der Waals surface area contributed by atoms with E-state index in [0.29, 0.717) is 19.5 Å². The van der Waals surface area contributed by atoms with Gasteiger partial charge in [-0.15, -0.1) is 0 Å². The van der Waals surface area contributed by atoms with Crippen molar-refractivity contribution in [3.8, 4) is 0 Å². The van der Waals surface area contributed by atoms with Crippen LogP contribution < -0.4 is 0 Å². The molecule has 0 aliphatic carbocycles. The highest BCUT2D eigenvalue weighted by Crippen LogP contribution is 2.33. The molecule has 2 aliphatic rings. The molecule has 0 spiro atoms. The van der Waals surface area contributed by atoms with E-state index in [4.69, 9.17) is 4.74 Å². The number of hydrogen-bond donors (Lipinski definition) is 0. The first-order valence-electron chi connectivity index (χ1n) is 12.0. The third-order valence-electron chi connectivity index (χ3n) is 6.86. The number of carbonyl (C=O) groups excluding carboxylic acids is 2. The lowest BCUT2D eigenvalue weighted by Gasteiger charge is -2.39. The van der Waals surface area contributed by atoms with Gasteiger partial charge in [0, 0.05) is 45.7 Å². The van der Waals surface area contributed by atoms with Gasteiger partial charge in [-0.25, -0.2) is 0 Å². The molecule has 2 amide bonds. The maximum Gasteiger partial charge on any atom is 0.225 e. The molecule has 2 aliphatic heterocycles. The molecular weight excluding hydrogens is 414 g/mol. The number of benzene rings is 2. The molecule has 33 heavy (non-hydrogen) atoms. The van der Waals surface area contributed by atoms with Crippen LogP contribution in [0.1, 0.15) is 43.0 Å². The highest BCUT2D eigenvalue weighted by atomic mass is 16.5. The quantitative estimate of drug-likeness (QED) is 0.651. The summed E-state index contributed by atoms with van der Waals surface area (Å²) in [4.78, 5) is 32.5. The third kappa shape index (κ3) is 5.81. The molecule has 2 atom stereocenters. The summed E-state index contributed by atoms with van der Waals surface area (Å²) in [6.07, 6.45) is 1.14. The molecule has 1 fully saturated rings. The molecule has 6 heteroatoms. The molecule has 0 aromatic heterocycles. The normalized spacial score (nSPS) is 19.6. The lowest BCUT2D eigenvalue weighted by Crippen LogP contribution is -2.49. The predicted octanol–water partition coefficient (Wildman–Crippen LogP) is 3.27. The van der Waals surface area contributed by atoms with Crippen LogP contribution in [0.3, 0.4) is 0 Å². The predicted molar refractivity (Wildman–Crippen MR) is 129 cm³/mol. The van der Waals surface area contributed by atoms with E-state index >= 15 is 0 Å². The smallest absolute Gasteiger partial charge is 0.225 e. The summed E-state index contributed by atoms with van der Waals surface area (Å²) < 4.78 is 5.49. The molecule has 1 saturated heterocycles. The molecule has 2 aromatic carbocycles. The first-order valence-corrected chi connectivity index (χ1v) is 12.0. The van der Waals surface area contributed by atoms with Gasteiger partial charge < -0.3 is 14.5 Å². The number of amides is 2. The lowest BCUT2D eigenvalue weighted by atomic mass is 9.90. The van der Waals surface area contributed by atoms with Gasteiger partial charge in [-0.3, -0.25) is 14.5 Å². The monoisotopic (exact) mass is 449 g/mol. The van der Waals surface area contributed by atoms with Crippen LogP contribution in [-0.4, -0.2) is 71.9 Å². The van der Waals surface area contributed by atoms with Gasteiger partial charge in [0.2, 0.25) is 11.8 Å². The summed E-state index contributed by atoms with van der Waals surface area (Å²) >= 11 is 0. The zero-order valence-corrected chi connectivity index (χ0v) is 19.8. The maximum atomic E-state index is 13.8. The van der Waals surface area contributed by atoms with E-state index in [2.05, 4.69) is 36.1 Å². The summed E-state index contributed by atoms with van der Waals surface area (Å²) in [6.45, 7) is 9.06. The van der Waals surface area contributed by atoms with Gasteiger partial charge in [0.05, 0.1) is 25.7 Å². The van der Waals surface area contributed by atoms with Crippen LogP contribution in [0.15, 0.2) is 54.6 Å². The molecule has 0 bridgehead atoms. The molecule has 4 rings (SSSR count). The molecular formula is C27H35N3O3. The highest BCUT2D eigenvalue weighted by molar-refractivity contribution is 5.80. The third-order valence-corrected chi connectivity index (χ3v) is 6.86. The SMILES string of the molecule is CC(=O)N1CCc2ccccc2C1CC(=O)N(Cc1ccccc1)C(C)CN1CCOCC1. The standard InChI is InChI=1S/C27H35N3O3/c1-21(19-28-14-16-33-17-15-28)30(20-23-8-4-3-5-9-23)27(32)18-26-25-11-7-6-10-24(25)12-13-29(26)22(2)31/h3-11,21,26H,12-20H2,1-2H3. The summed E-state index contributed by atoms with van der Waals surface area (Å²) in [6, 6.07) is 18.2. The fraction of sp³-hybridized carbons (Fsp3) is 0.481. The van der Waals surface area contributed by atoms with Gasteiger partial charge in [-0.2, -0.15) is 0 Å². The zero-order chi connectivity index (χ0) is 23.2. The molecule has 6 nitrogen and oxygen atoms in total.